The van der Waals surface area contributed by atoms with Gasteiger partial charge in [-0.1, -0.05) is 6.42 Å². The molecule has 0 spiro atoms. The number of nitrogens with two attached hydrogens (primary N) is 1. The minimum atomic E-state index is 0.212. The smallest absolute Gasteiger partial charge is 0.0589 e. The molecule has 0 aromatic rings. The van der Waals surface area contributed by atoms with Gasteiger partial charge in [0.05, 0.1) is 6.10 Å². The van der Waals surface area contributed by atoms with Crippen LogP contribution in [0.1, 0.15) is 51.4 Å². The first-order valence-corrected chi connectivity index (χ1v) is 8.99. The van der Waals surface area contributed by atoms with E-state index in [1.54, 1.807) is 0 Å². The minimum Gasteiger partial charge on any atom is -0.381 e. The summed E-state index contributed by atoms with van der Waals surface area (Å²) in [6.45, 7) is 5.88. The van der Waals surface area contributed by atoms with E-state index in [-0.39, 0.29) is 5.54 Å². The molecule has 2 heterocycles. The van der Waals surface area contributed by atoms with Crippen molar-refractivity contribution in [3.8, 4) is 0 Å². The van der Waals surface area contributed by atoms with Gasteiger partial charge >= 0.3 is 0 Å². The molecule has 0 bridgehead atoms. The van der Waals surface area contributed by atoms with Crippen LogP contribution in [0.3, 0.4) is 0 Å². The monoisotopic (exact) mass is 295 g/mol. The molecular weight excluding hydrogens is 262 g/mol. The second-order valence-electron chi connectivity index (χ2n) is 7.37. The first-order chi connectivity index (χ1) is 10.3. The molecule has 3 rings (SSSR count). The zero-order valence-electron chi connectivity index (χ0n) is 13.7. The van der Waals surface area contributed by atoms with Crippen molar-refractivity contribution in [2.45, 2.75) is 69.1 Å². The van der Waals surface area contributed by atoms with Gasteiger partial charge in [0, 0.05) is 38.3 Å². The predicted molar refractivity (Wildman–Crippen MR) is 86.5 cm³/mol. The van der Waals surface area contributed by atoms with E-state index >= 15 is 0 Å². The topological polar surface area (TPSA) is 41.7 Å². The summed E-state index contributed by atoms with van der Waals surface area (Å²) in [6.07, 6.45) is 10.8. The van der Waals surface area contributed by atoms with Crippen LogP contribution in [0.4, 0.5) is 0 Å². The van der Waals surface area contributed by atoms with Gasteiger partial charge in [0.15, 0.2) is 0 Å². The normalized spacial score (nSPS) is 39.7. The van der Waals surface area contributed by atoms with Crippen LogP contribution in [-0.2, 0) is 4.74 Å². The summed E-state index contributed by atoms with van der Waals surface area (Å²) in [7, 11) is 1.86. The number of piperidine rings is 1. The Hall–Kier alpha value is -0.160. The van der Waals surface area contributed by atoms with Crippen LogP contribution in [0.5, 0.6) is 0 Å². The summed E-state index contributed by atoms with van der Waals surface area (Å²) in [5.74, 6) is 0. The SMILES string of the molecule is COC1CCCC(CN)(N2CCC(N3CCCCC3)C2)C1. The number of hydrogen-bond donors (Lipinski definition) is 1. The molecule has 0 amide bonds. The summed E-state index contributed by atoms with van der Waals surface area (Å²) in [5, 5.41) is 0. The number of ether oxygens (including phenoxy) is 1. The van der Waals surface area contributed by atoms with Gasteiger partial charge in [-0.2, -0.15) is 0 Å². The molecule has 21 heavy (non-hydrogen) atoms. The van der Waals surface area contributed by atoms with Crippen molar-refractivity contribution >= 4 is 0 Å². The predicted octanol–water partition coefficient (Wildman–Crippen LogP) is 1.83. The fourth-order valence-corrected chi connectivity index (χ4v) is 4.84. The van der Waals surface area contributed by atoms with Crippen LogP contribution in [0.25, 0.3) is 0 Å². The molecule has 122 valence electrons. The first kappa shape index (κ1) is 15.7. The molecule has 3 aliphatic rings. The molecule has 2 aliphatic heterocycles. The van der Waals surface area contributed by atoms with Crippen molar-refractivity contribution in [1.29, 1.82) is 0 Å². The number of hydrogen-bond acceptors (Lipinski definition) is 4. The Labute approximate surface area is 130 Å². The van der Waals surface area contributed by atoms with Gasteiger partial charge in [0.1, 0.15) is 0 Å². The van der Waals surface area contributed by atoms with Gasteiger partial charge in [0.25, 0.3) is 0 Å². The number of rotatable bonds is 4. The summed E-state index contributed by atoms with van der Waals surface area (Å²) >= 11 is 0. The van der Waals surface area contributed by atoms with Crippen LogP contribution in [-0.4, -0.2) is 67.3 Å². The molecule has 3 unspecified atom stereocenters. The van der Waals surface area contributed by atoms with E-state index in [4.69, 9.17) is 10.5 Å². The third-order valence-corrected chi connectivity index (χ3v) is 6.23. The minimum absolute atomic E-state index is 0.212. The van der Waals surface area contributed by atoms with E-state index in [2.05, 4.69) is 9.80 Å². The molecule has 3 atom stereocenters. The highest BCUT2D eigenvalue weighted by molar-refractivity contribution is 5.01. The third kappa shape index (κ3) is 3.29. The average molecular weight is 295 g/mol. The van der Waals surface area contributed by atoms with E-state index in [0.29, 0.717) is 6.10 Å². The Morgan fingerprint density at radius 1 is 1.10 bits per heavy atom. The Morgan fingerprint density at radius 3 is 2.62 bits per heavy atom. The highest BCUT2D eigenvalue weighted by atomic mass is 16.5. The van der Waals surface area contributed by atoms with Gasteiger partial charge in [-0.25, -0.2) is 0 Å². The molecule has 3 fully saturated rings. The summed E-state index contributed by atoms with van der Waals surface area (Å²) in [4.78, 5) is 5.46. The summed E-state index contributed by atoms with van der Waals surface area (Å²) < 4.78 is 5.66. The Bertz CT molecular complexity index is 332. The maximum atomic E-state index is 6.25. The van der Waals surface area contributed by atoms with E-state index in [0.717, 1.165) is 19.0 Å². The second-order valence-corrected chi connectivity index (χ2v) is 7.37. The number of nitrogens with zero attached hydrogens (tertiary/aromatic N) is 2. The van der Waals surface area contributed by atoms with E-state index < -0.39 is 0 Å². The van der Waals surface area contributed by atoms with Crippen LogP contribution >= 0.6 is 0 Å². The molecule has 2 saturated heterocycles. The van der Waals surface area contributed by atoms with E-state index in [1.807, 2.05) is 7.11 Å². The first-order valence-electron chi connectivity index (χ1n) is 8.99. The Morgan fingerprint density at radius 2 is 1.90 bits per heavy atom. The number of likely N-dealkylation sites (tertiary alicyclic amines) is 2. The third-order valence-electron chi connectivity index (χ3n) is 6.23. The molecule has 0 aromatic carbocycles. The molecule has 2 N–H and O–H groups in total. The van der Waals surface area contributed by atoms with Crippen molar-refractivity contribution in [2.75, 3.05) is 39.8 Å². The van der Waals surface area contributed by atoms with Crippen molar-refractivity contribution in [2.24, 2.45) is 5.73 Å². The van der Waals surface area contributed by atoms with Crippen LogP contribution in [0.15, 0.2) is 0 Å². The molecule has 0 aromatic heterocycles. The van der Waals surface area contributed by atoms with E-state index in [1.165, 1.54) is 71.1 Å². The second kappa shape index (κ2) is 6.95. The quantitative estimate of drug-likeness (QED) is 0.859. The van der Waals surface area contributed by atoms with Gasteiger partial charge in [-0.05, 0) is 58.0 Å². The molecule has 0 radical (unpaired) electrons. The highest BCUT2D eigenvalue weighted by Gasteiger charge is 2.44. The lowest BCUT2D eigenvalue weighted by molar-refractivity contribution is -0.0158. The van der Waals surface area contributed by atoms with Gasteiger partial charge in [0.2, 0.25) is 0 Å². The van der Waals surface area contributed by atoms with Gasteiger partial charge in [-0.15, -0.1) is 0 Å². The Kier molecular flexibility index (Phi) is 5.20. The van der Waals surface area contributed by atoms with Crippen LogP contribution < -0.4 is 5.73 Å². The maximum absolute atomic E-state index is 6.25. The van der Waals surface area contributed by atoms with Gasteiger partial charge < -0.3 is 10.5 Å². The van der Waals surface area contributed by atoms with E-state index in [9.17, 15) is 0 Å². The molecule has 1 saturated carbocycles. The molecule has 4 heteroatoms. The lowest BCUT2D eigenvalue weighted by Crippen LogP contribution is -2.57. The summed E-state index contributed by atoms with van der Waals surface area (Å²) in [5.41, 5.74) is 6.46. The largest absolute Gasteiger partial charge is 0.381 e. The molecule has 1 aliphatic carbocycles. The van der Waals surface area contributed by atoms with Crippen LogP contribution in [0.2, 0.25) is 0 Å². The zero-order chi connectivity index (χ0) is 14.7. The Balaban J connectivity index is 1.62. The van der Waals surface area contributed by atoms with Crippen LogP contribution in [0, 0.1) is 0 Å². The fraction of sp³-hybridized carbons (Fsp3) is 1.00. The van der Waals surface area contributed by atoms with Crippen molar-refractivity contribution in [3.05, 3.63) is 0 Å². The number of methoxy groups -OCH3 is 1. The summed E-state index contributed by atoms with van der Waals surface area (Å²) in [6, 6.07) is 0.775. The van der Waals surface area contributed by atoms with Crippen molar-refractivity contribution < 1.29 is 4.74 Å². The zero-order valence-corrected chi connectivity index (χ0v) is 13.7. The molecule has 4 nitrogen and oxygen atoms in total. The lowest BCUT2D eigenvalue weighted by atomic mass is 9.79. The maximum Gasteiger partial charge on any atom is 0.0589 e. The standard InChI is InChI=1S/C17H33N3O/c1-21-16-6-5-8-17(12-16,14-18)20-11-7-15(13-20)19-9-3-2-4-10-19/h15-16H,2-14,18H2,1H3. The fourth-order valence-electron chi connectivity index (χ4n) is 4.84. The highest BCUT2D eigenvalue weighted by Crippen LogP contribution is 2.37. The van der Waals surface area contributed by atoms with Crippen molar-refractivity contribution in [1.82, 2.24) is 9.80 Å². The molecular formula is C17H33N3O. The average Bonchev–Trinajstić information content (AvgIpc) is 3.06. The lowest BCUT2D eigenvalue weighted by Gasteiger charge is -2.46. The van der Waals surface area contributed by atoms with Gasteiger partial charge in [-0.3, -0.25) is 9.80 Å². The van der Waals surface area contributed by atoms with Crippen molar-refractivity contribution in [3.63, 3.8) is 0 Å².